The first kappa shape index (κ1) is 12.4. The van der Waals surface area contributed by atoms with Crippen molar-refractivity contribution in [1.29, 1.82) is 0 Å². The first-order valence-electron chi connectivity index (χ1n) is 6.75. The summed E-state index contributed by atoms with van der Waals surface area (Å²) in [6.45, 7) is 0. The van der Waals surface area contributed by atoms with Gasteiger partial charge < -0.3 is 4.57 Å². The fourth-order valence-electron chi connectivity index (χ4n) is 2.77. The van der Waals surface area contributed by atoms with Crippen LogP contribution in [0.25, 0.3) is 0 Å². The van der Waals surface area contributed by atoms with Crippen LogP contribution in [0.2, 0.25) is 5.02 Å². The number of imidazole rings is 1. The Labute approximate surface area is 127 Å². The molecule has 1 aliphatic heterocycles. The molecule has 0 spiro atoms. The number of aliphatic imine (C=N–C) groups is 1. The quantitative estimate of drug-likeness (QED) is 0.516. The Morgan fingerprint density at radius 2 is 1.71 bits per heavy atom. The van der Waals surface area contributed by atoms with Crippen LogP contribution in [0.15, 0.2) is 65.9 Å². The van der Waals surface area contributed by atoms with E-state index >= 15 is 0 Å². The van der Waals surface area contributed by atoms with Crippen molar-refractivity contribution in [3.63, 3.8) is 0 Å². The largest absolute Gasteiger partial charge is 0.318 e. The molecular weight excluding hydrogens is 282 g/mol. The third kappa shape index (κ3) is 1.98. The fraction of sp³-hybridized carbons (Fsp3) is 0.0588. The standard InChI is InChI=1S/C17H12ClN3/c18-14-7-3-1-5-12(14)17-13-6-2-4-8-15(13)20-11-16-19-9-10-21(16)17/h1-11,17H. The number of para-hydroxylation sites is 1. The molecule has 102 valence electrons. The maximum Gasteiger partial charge on any atom is 0.151 e. The Kier molecular flexibility index (Phi) is 2.86. The van der Waals surface area contributed by atoms with Gasteiger partial charge in [-0.2, -0.15) is 0 Å². The minimum absolute atomic E-state index is 0.0186. The van der Waals surface area contributed by atoms with E-state index in [1.807, 2.05) is 42.6 Å². The zero-order valence-electron chi connectivity index (χ0n) is 11.1. The molecular formula is C17H12ClN3. The third-order valence-corrected chi connectivity index (χ3v) is 4.07. The SMILES string of the molecule is Clc1ccccc1C1c2ccccc2N=Cc2nccn21. The average Bonchev–Trinajstić information content (AvgIpc) is 2.91. The minimum atomic E-state index is -0.0186. The molecule has 21 heavy (non-hydrogen) atoms. The molecule has 4 heteroatoms. The fourth-order valence-corrected chi connectivity index (χ4v) is 3.01. The highest BCUT2D eigenvalue weighted by Gasteiger charge is 2.24. The molecule has 3 aromatic rings. The van der Waals surface area contributed by atoms with E-state index in [-0.39, 0.29) is 6.04 Å². The average molecular weight is 294 g/mol. The summed E-state index contributed by atoms with van der Waals surface area (Å²) in [7, 11) is 0. The first-order valence-corrected chi connectivity index (χ1v) is 7.12. The topological polar surface area (TPSA) is 30.2 Å². The van der Waals surface area contributed by atoms with Crippen molar-refractivity contribution in [2.24, 2.45) is 4.99 Å². The molecule has 0 bridgehead atoms. The van der Waals surface area contributed by atoms with Crippen LogP contribution < -0.4 is 0 Å². The van der Waals surface area contributed by atoms with Gasteiger partial charge in [0.25, 0.3) is 0 Å². The van der Waals surface area contributed by atoms with E-state index in [9.17, 15) is 0 Å². The van der Waals surface area contributed by atoms with Crippen molar-refractivity contribution in [3.8, 4) is 0 Å². The number of rotatable bonds is 1. The zero-order valence-corrected chi connectivity index (χ0v) is 11.9. The van der Waals surface area contributed by atoms with Crippen molar-refractivity contribution < 1.29 is 0 Å². The Balaban J connectivity index is 2.03. The molecule has 0 amide bonds. The normalized spacial score (nSPS) is 16.1. The van der Waals surface area contributed by atoms with E-state index in [1.165, 1.54) is 0 Å². The second-order valence-electron chi connectivity index (χ2n) is 4.93. The summed E-state index contributed by atoms with van der Waals surface area (Å²) in [6.07, 6.45) is 5.56. The van der Waals surface area contributed by atoms with Crippen molar-refractivity contribution in [2.45, 2.75) is 6.04 Å². The number of nitrogens with zero attached hydrogens (tertiary/aromatic N) is 3. The number of benzene rings is 2. The molecule has 2 aromatic carbocycles. The molecule has 4 rings (SSSR count). The van der Waals surface area contributed by atoms with Crippen molar-refractivity contribution in [2.75, 3.05) is 0 Å². The van der Waals surface area contributed by atoms with Crippen LogP contribution in [0, 0.1) is 0 Å². The van der Waals surface area contributed by atoms with Gasteiger partial charge in [0.2, 0.25) is 0 Å². The maximum absolute atomic E-state index is 6.44. The van der Waals surface area contributed by atoms with Crippen LogP contribution in [0.4, 0.5) is 5.69 Å². The van der Waals surface area contributed by atoms with E-state index in [0.717, 1.165) is 27.7 Å². The van der Waals surface area contributed by atoms with Crippen LogP contribution in [0.3, 0.4) is 0 Å². The van der Waals surface area contributed by atoms with Crippen LogP contribution in [0.1, 0.15) is 23.0 Å². The van der Waals surface area contributed by atoms with E-state index in [0.29, 0.717) is 0 Å². The van der Waals surface area contributed by atoms with Crippen molar-refractivity contribution in [3.05, 3.63) is 82.9 Å². The van der Waals surface area contributed by atoms with Crippen molar-refractivity contribution >= 4 is 23.5 Å². The van der Waals surface area contributed by atoms with E-state index < -0.39 is 0 Å². The van der Waals surface area contributed by atoms with Gasteiger partial charge in [0.15, 0.2) is 5.82 Å². The molecule has 3 nitrogen and oxygen atoms in total. The molecule has 1 aliphatic rings. The van der Waals surface area contributed by atoms with Crippen LogP contribution in [-0.2, 0) is 0 Å². The molecule has 0 N–H and O–H groups in total. The minimum Gasteiger partial charge on any atom is -0.318 e. The maximum atomic E-state index is 6.44. The summed E-state index contributed by atoms with van der Waals surface area (Å²) < 4.78 is 2.11. The van der Waals surface area contributed by atoms with Gasteiger partial charge >= 0.3 is 0 Å². The van der Waals surface area contributed by atoms with Gasteiger partial charge in [-0.3, -0.25) is 4.99 Å². The Bertz CT molecular complexity index is 835. The second-order valence-corrected chi connectivity index (χ2v) is 5.34. The van der Waals surface area contributed by atoms with E-state index in [1.54, 1.807) is 12.4 Å². The molecule has 0 radical (unpaired) electrons. The molecule has 0 aliphatic carbocycles. The summed E-state index contributed by atoms with van der Waals surface area (Å²) in [5, 5.41) is 0.749. The summed E-state index contributed by atoms with van der Waals surface area (Å²) in [5.41, 5.74) is 3.13. The van der Waals surface area contributed by atoms with Gasteiger partial charge in [-0.25, -0.2) is 4.98 Å². The molecule has 0 saturated heterocycles. The Morgan fingerprint density at radius 1 is 0.952 bits per heavy atom. The monoisotopic (exact) mass is 293 g/mol. The number of aromatic nitrogens is 2. The number of halogens is 1. The molecule has 0 fully saturated rings. The van der Waals surface area contributed by atoms with Crippen LogP contribution >= 0.6 is 11.6 Å². The Hall–Kier alpha value is -2.39. The molecule has 1 atom stereocenters. The predicted octanol–water partition coefficient (Wildman–Crippen LogP) is 4.24. The summed E-state index contributed by atoms with van der Waals surface area (Å²) >= 11 is 6.44. The third-order valence-electron chi connectivity index (χ3n) is 3.73. The second kappa shape index (κ2) is 4.86. The molecule has 2 heterocycles. The summed E-state index contributed by atoms with van der Waals surface area (Å²) in [4.78, 5) is 8.93. The lowest BCUT2D eigenvalue weighted by atomic mass is 9.97. The molecule has 1 aromatic heterocycles. The smallest absolute Gasteiger partial charge is 0.151 e. The van der Waals surface area contributed by atoms with Gasteiger partial charge in [0.1, 0.15) is 0 Å². The molecule has 1 unspecified atom stereocenters. The van der Waals surface area contributed by atoms with E-state index in [2.05, 4.69) is 26.7 Å². The highest BCUT2D eigenvalue weighted by atomic mass is 35.5. The Morgan fingerprint density at radius 3 is 2.57 bits per heavy atom. The summed E-state index contributed by atoms with van der Waals surface area (Å²) in [6, 6.07) is 16.0. The van der Waals surface area contributed by atoms with Gasteiger partial charge in [0, 0.05) is 23.0 Å². The number of hydrogen-bond acceptors (Lipinski definition) is 2. The lowest BCUT2D eigenvalue weighted by molar-refractivity contribution is 0.677. The predicted molar refractivity (Wildman–Crippen MR) is 84.6 cm³/mol. The zero-order chi connectivity index (χ0) is 14.2. The number of hydrogen-bond donors (Lipinski definition) is 0. The van der Waals surface area contributed by atoms with Gasteiger partial charge in [-0.05, 0) is 17.7 Å². The first-order chi connectivity index (χ1) is 10.3. The number of fused-ring (bicyclic) bond motifs is 2. The van der Waals surface area contributed by atoms with Crippen molar-refractivity contribution in [1.82, 2.24) is 9.55 Å². The van der Waals surface area contributed by atoms with Crippen LogP contribution in [-0.4, -0.2) is 15.8 Å². The summed E-state index contributed by atoms with van der Waals surface area (Å²) in [5.74, 6) is 0.830. The van der Waals surface area contributed by atoms with Crippen LogP contribution in [0.5, 0.6) is 0 Å². The molecule has 0 saturated carbocycles. The highest BCUT2D eigenvalue weighted by Crippen LogP contribution is 2.38. The van der Waals surface area contributed by atoms with Gasteiger partial charge in [-0.15, -0.1) is 0 Å². The van der Waals surface area contributed by atoms with Gasteiger partial charge in [0.05, 0.1) is 17.9 Å². The van der Waals surface area contributed by atoms with Gasteiger partial charge in [-0.1, -0.05) is 48.0 Å². The lowest BCUT2D eigenvalue weighted by Gasteiger charge is -2.21. The van der Waals surface area contributed by atoms with E-state index in [4.69, 9.17) is 11.6 Å². The highest BCUT2D eigenvalue weighted by molar-refractivity contribution is 6.31. The lowest BCUT2D eigenvalue weighted by Crippen LogP contribution is -2.13.